The number of pyridine rings is 2. The number of aromatic amines is 1. The van der Waals surface area contributed by atoms with Crippen molar-refractivity contribution >= 4 is 33.5 Å². The first kappa shape index (κ1) is 22.3. The van der Waals surface area contributed by atoms with Crippen LogP contribution in [0.1, 0.15) is 34.2 Å². The van der Waals surface area contributed by atoms with Crippen molar-refractivity contribution in [2.45, 2.75) is 33.9 Å². The lowest BCUT2D eigenvalue weighted by molar-refractivity contribution is 0.0787. The molecule has 1 aromatic carbocycles. The highest BCUT2D eigenvalue weighted by atomic mass is 16.3. The number of nitrogens with zero attached hydrogens (tertiary/aromatic N) is 6. The molecule has 10 nitrogen and oxygen atoms in total. The second kappa shape index (κ2) is 8.39. The molecular formula is C25H26N8O2. The van der Waals surface area contributed by atoms with Crippen molar-refractivity contribution in [2.24, 2.45) is 0 Å². The number of aromatic nitrogens is 6. The van der Waals surface area contributed by atoms with Crippen molar-refractivity contribution in [1.82, 2.24) is 34.8 Å². The maximum absolute atomic E-state index is 13.7. The molecule has 0 atom stereocenters. The van der Waals surface area contributed by atoms with Gasteiger partial charge in [-0.2, -0.15) is 10.2 Å². The number of nitrogens with one attached hydrogen (secondary N) is 1. The Morgan fingerprint density at radius 1 is 1.14 bits per heavy atom. The number of hydrogen-bond acceptors (Lipinski definition) is 7. The number of fused-ring (bicyclic) bond motifs is 2. The van der Waals surface area contributed by atoms with Gasteiger partial charge in [-0.05, 0) is 51.1 Å². The van der Waals surface area contributed by atoms with Crippen LogP contribution >= 0.6 is 0 Å². The van der Waals surface area contributed by atoms with E-state index in [9.17, 15) is 9.90 Å². The van der Waals surface area contributed by atoms with Gasteiger partial charge in [0.15, 0.2) is 5.82 Å². The first-order chi connectivity index (χ1) is 16.8. The van der Waals surface area contributed by atoms with Crippen LogP contribution in [0.25, 0.3) is 33.2 Å². The minimum atomic E-state index is -0.200. The second-order valence-electron chi connectivity index (χ2n) is 8.61. The van der Waals surface area contributed by atoms with Gasteiger partial charge in [-0.15, -0.1) is 0 Å². The molecule has 0 aliphatic heterocycles. The molecule has 0 saturated heterocycles. The summed E-state index contributed by atoms with van der Waals surface area (Å²) in [6.07, 6.45) is 1.79. The van der Waals surface area contributed by atoms with Crippen molar-refractivity contribution in [3.05, 3.63) is 59.0 Å². The van der Waals surface area contributed by atoms with Gasteiger partial charge in [-0.1, -0.05) is 0 Å². The van der Waals surface area contributed by atoms with E-state index in [1.807, 2.05) is 31.5 Å². The highest BCUT2D eigenvalue weighted by molar-refractivity contribution is 6.07. The third kappa shape index (κ3) is 3.82. The van der Waals surface area contributed by atoms with Gasteiger partial charge in [0.25, 0.3) is 5.91 Å². The summed E-state index contributed by atoms with van der Waals surface area (Å²) >= 11 is 0. The summed E-state index contributed by atoms with van der Waals surface area (Å²) in [4.78, 5) is 24.7. The van der Waals surface area contributed by atoms with Gasteiger partial charge in [-0.25, -0.2) is 9.97 Å². The fourth-order valence-corrected chi connectivity index (χ4v) is 4.34. The van der Waals surface area contributed by atoms with Gasteiger partial charge in [0.05, 0.1) is 39.9 Å². The van der Waals surface area contributed by atoms with Crippen LogP contribution in [0.4, 0.5) is 5.82 Å². The van der Waals surface area contributed by atoms with Crippen LogP contribution in [-0.2, 0) is 13.1 Å². The molecule has 178 valence electrons. The summed E-state index contributed by atoms with van der Waals surface area (Å²) in [7, 11) is 1.75. The Labute approximate surface area is 201 Å². The predicted molar refractivity (Wildman–Crippen MR) is 134 cm³/mol. The number of carbonyl (C=O) groups excluding carboxylic acids is 1. The number of nitrogen functional groups attached to an aromatic ring is 1. The number of aromatic hydroxyl groups is 1. The maximum atomic E-state index is 13.7. The molecule has 0 aliphatic rings. The lowest BCUT2D eigenvalue weighted by Gasteiger charge is -2.19. The number of anilines is 1. The molecule has 0 fully saturated rings. The fourth-order valence-electron chi connectivity index (χ4n) is 4.34. The third-order valence-corrected chi connectivity index (χ3v) is 6.31. The topological polar surface area (TPSA) is 139 Å². The quantitative estimate of drug-likeness (QED) is 0.357. The summed E-state index contributed by atoms with van der Waals surface area (Å²) in [5, 5.41) is 22.8. The second-order valence-corrected chi connectivity index (χ2v) is 8.61. The summed E-state index contributed by atoms with van der Waals surface area (Å²) in [6, 6.07) is 8.33. The average molecular weight is 471 g/mol. The molecule has 0 saturated carbocycles. The zero-order chi connectivity index (χ0) is 24.9. The van der Waals surface area contributed by atoms with E-state index in [0.717, 1.165) is 34.4 Å². The van der Waals surface area contributed by atoms with E-state index >= 15 is 0 Å². The van der Waals surface area contributed by atoms with E-state index in [-0.39, 0.29) is 11.7 Å². The monoisotopic (exact) mass is 470 g/mol. The van der Waals surface area contributed by atoms with Gasteiger partial charge in [0, 0.05) is 42.2 Å². The number of benzene rings is 1. The molecule has 4 heterocycles. The smallest absolute Gasteiger partial charge is 0.254 e. The van der Waals surface area contributed by atoms with Gasteiger partial charge in [0.2, 0.25) is 0 Å². The number of phenols is 1. The SMILES string of the molecule is CCn1ncc(CN(C)C(=O)c2cc(-c3cc4c(N)n[nH]c4c(C)n3)nc3ccc(O)cc23)c1C. The molecule has 1 amide bonds. The Balaban J connectivity index is 1.61. The Hall–Kier alpha value is -4.47. The summed E-state index contributed by atoms with van der Waals surface area (Å²) < 4.78 is 1.90. The number of H-pyrrole nitrogens is 1. The van der Waals surface area contributed by atoms with Crippen molar-refractivity contribution in [1.29, 1.82) is 0 Å². The zero-order valence-corrected chi connectivity index (χ0v) is 20.0. The number of aryl methyl sites for hydroxylation is 2. The molecule has 4 N–H and O–H groups in total. The molecular weight excluding hydrogens is 444 g/mol. The van der Waals surface area contributed by atoms with E-state index in [2.05, 4.69) is 20.3 Å². The Kier molecular flexibility index (Phi) is 5.35. The van der Waals surface area contributed by atoms with E-state index in [0.29, 0.717) is 40.2 Å². The van der Waals surface area contributed by atoms with Crippen LogP contribution in [0, 0.1) is 13.8 Å². The zero-order valence-electron chi connectivity index (χ0n) is 20.0. The highest BCUT2D eigenvalue weighted by Gasteiger charge is 2.21. The van der Waals surface area contributed by atoms with E-state index in [1.165, 1.54) is 0 Å². The number of carbonyl (C=O) groups is 1. The molecule has 5 rings (SSSR count). The predicted octanol–water partition coefficient (Wildman–Crippen LogP) is 3.57. The van der Waals surface area contributed by atoms with E-state index in [4.69, 9.17) is 10.7 Å². The van der Waals surface area contributed by atoms with Crippen LogP contribution in [0.15, 0.2) is 36.5 Å². The van der Waals surface area contributed by atoms with Gasteiger partial charge >= 0.3 is 0 Å². The van der Waals surface area contributed by atoms with Crippen molar-refractivity contribution in [3.8, 4) is 17.1 Å². The molecule has 4 aromatic heterocycles. The molecule has 0 bridgehead atoms. The Bertz CT molecular complexity index is 1600. The van der Waals surface area contributed by atoms with E-state index in [1.54, 1.807) is 42.4 Å². The lowest BCUT2D eigenvalue weighted by atomic mass is 10.0. The fraction of sp³-hybridized carbons (Fsp3) is 0.240. The summed E-state index contributed by atoms with van der Waals surface area (Å²) in [6.45, 7) is 7.05. The summed E-state index contributed by atoms with van der Waals surface area (Å²) in [5.74, 6) is 0.232. The Morgan fingerprint density at radius 3 is 2.66 bits per heavy atom. The number of amides is 1. The minimum absolute atomic E-state index is 0.0605. The van der Waals surface area contributed by atoms with Gasteiger partial charge in [-0.3, -0.25) is 14.6 Å². The number of phenolic OH excluding ortho intramolecular Hbond substituents is 1. The first-order valence-electron chi connectivity index (χ1n) is 11.3. The van der Waals surface area contributed by atoms with Crippen molar-refractivity contribution < 1.29 is 9.90 Å². The standard InChI is InChI=1S/C25H26N8O2/c1-5-33-14(3)15(11-27-33)12-32(4)25(35)18-9-22(29-20-7-6-16(34)8-17(18)20)21-10-19-23(13(2)28-21)30-31-24(19)26/h6-11,34H,5,12H2,1-4H3,(H3,26,30,31). The number of rotatable bonds is 5. The van der Waals surface area contributed by atoms with Crippen LogP contribution in [0.3, 0.4) is 0 Å². The molecule has 0 aliphatic carbocycles. The largest absolute Gasteiger partial charge is 0.508 e. The maximum Gasteiger partial charge on any atom is 0.254 e. The molecule has 10 heteroatoms. The normalized spacial score (nSPS) is 11.4. The summed E-state index contributed by atoms with van der Waals surface area (Å²) in [5.41, 5.74) is 11.6. The highest BCUT2D eigenvalue weighted by Crippen LogP contribution is 2.30. The lowest BCUT2D eigenvalue weighted by Crippen LogP contribution is -2.26. The van der Waals surface area contributed by atoms with Gasteiger partial charge < -0.3 is 15.7 Å². The van der Waals surface area contributed by atoms with Gasteiger partial charge in [0.1, 0.15) is 5.75 Å². The molecule has 0 radical (unpaired) electrons. The van der Waals surface area contributed by atoms with Crippen molar-refractivity contribution in [3.63, 3.8) is 0 Å². The first-order valence-corrected chi connectivity index (χ1v) is 11.3. The van der Waals surface area contributed by atoms with Crippen LogP contribution in [0.2, 0.25) is 0 Å². The van der Waals surface area contributed by atoms with Crippen LogP contribution in [-0.4, -0.2) is 52.9 Å². The van der Waals surface area contributed by atoms with E-state index < -0.39 is 0 Å². The number of hydrogen-bond donors (Lipinski definition) is 3. The minimum Gasteiger partial charge on any atom is -0.508 e. The molecule has 0 unspecified atom stereocenters. The van der Waals surface area contributed by atoms with Crippen LogP contribution < -0.4 is 5.73 Å². The Morgan fingerprint density at radius 2 is 1.91 bits per heavy atom. The third-order valence-electron chi connectivity index (χ3n) is 6.31. The molecule has 5 aromatic rings. The van der Waals surface area contributed by atoms with Crippen molar-refractivity contribution in [2.75, 3.05) is 12.8 Å². The number of nitrogens with two attached hydrogens (primary N) is 1. The molecule has 0 spiro atoms. The van der Waals surface area contributed by atoms with Crippen LogP contribution in [0.5, 0.6) is 5.75 Å². The molecule has 35 heavy (non-hydrogen) atoms. The average Bonchev–Trinajstić information content (AvgIpc) is 3.40.